The summed E-state index contributed by atoms with van der Waals surface area (Å²) >= 11 is 0. The Labute approximate surface area is 170 Å². The van der Waals surface area contributed by atoms with Gasteiger partial charge in [0.2, 0.25) is 5.91 Å². The lowest BCUT2D eigenvalue weighted by Crippen LogP contribution is -2.38. The molecule has 7 nitrogen and oxygen atoms in total. The third-order valence-corrected chi connectivity index (χ3v) is 5.52. The highest BCUT2D eigenvalue weighted by molar-refractivity contribution is 6.04. The molecule has 0 spiro atoms. The van der Waals surface area contributed by atoms with Crippen LogP contribution in [0.5, 0.6) is 0 Å². The van der Waals surface area contributed by atoms with E-state index in [1.807, 2.05) is 18.2 Å². The summed E-state index contributed by atoms with van der Waals surface area (Å²) in [5, 5.41) is 0. The Morgan fingerprint density at radius 2 is 1.97 bits per heavy atom. The zero-order valence-electron chi connectivity index (χ0n) is 17.4. The molecule has 0 saturated heterocycles. The van der Waals surface area contributed by atoms with Crippen molar-refractivity contribution in [1.82, 2.24) is 14.5 Å². The van der Waals surface area contributed by atoms with Crippen molar-refractivity contribution in [3.63, 3.8) is 0 Å². The summed E-state index contributed by atoms with van der Waals surface area (Å²) in [6.07, 6.45) is 4.07. The molecule has 0 N–H and O–H groups in total. The number of ketones is 1. The molecule has 1 saturated carbocycles. The first-order valence-corrected chi connectivity index (χ1v) is 9.81. The normalized spacial score (nSPS) is 13.2. The molecule has 0 aliphatic heterocycles. The summed E-state index contributed by atoms with van der Waals surface area (Å²) < 4.78 is 6.53. The molecule has 0 bridgehead atoms. The first kappa shape index (κ1) is 20.8. The van der Waals surface area contributed by atoms with E-state index in [-0.39, 0.29) is 24.2 Å². The molecule has 2 aromatic rings. The van der Waals surface area contributed by atoms with Crippen molar-refractivity contribution in [3.8, 4) is 0 Å². The molecule has 0 radical (unpaired) electrons. The number of hydrogen-bond donors (Lipinski definition) is 0. The van der Waals surface area contributed by atoms with Crippen LogP contribution in [-0.4, -0.2) is 52.3 Å². The van der Waals surface area contributed by atoms with E-state index in [0.29, 0.717) is 35.5 Å². The van der Waals surface area contributed by atoms with Gasteiger partial charge in [-0.2, -0.15) is 0 Å². The van der Waals surface area contributed by atoms with Gasteiger partial charge in [0.05, 0.1) is 13.7 Å². The van der Waals surface area contributed by atoms with E-state index in [2.05, 4.69) is 4.98 Å². The number of Topliss-reactive ketones (excluding diaryl/α,β-unsaturated/α-hetero) is 1. The van der Waals surface area contributed by atoms with Crippen molar-refractivity contribution in [1.29, 1.82) is 0 Å². The fourth-order valence-electron chi connectivity index (χ4n) is 3.68. The Morgan fingerprint density at radius 3 is 2.55 bits per heavy atom. The molecule has 3 rings (SSSR count). The van der Waals surface area contributed by atoms with E-state index in [4.69, 9.17) is 4.74 Å². The van der Waals surface area contributed by atoms with Gasteiger partial charge in [0.1, 0.15) is 5.69 Å². The van der Waals surface area contributed by atoms with Gasteiger partial charge in [-0.15, -0.1) is 0 Å². The average Bonchev–Trinajstić information content (AvgIpc) is 3.53. The van der Waals surface area contributed by atoms with E-state index in [9.17, 15) is 14.4 Å². The Bertz CT molecular complexity index is 929. The van der Waals surface area contributed by atoms with Crippen LogP contribution in [0.1, 0.15) is 50.6 Å². The second-order valence-corrected chi connectivity index (χ2v) is 7.51. The lowest BCUT2D eigenvalue weighted by Gasteiger charge is -2.22. The summed E-state index contributed by atoms with van der Waals surface area (Å²) in [7, 11) is 3.05. The van der Waals surface area contributed by atoms with Crippen LogP contribution in [0.3, 0.4) is 0 Å². The van der Waals surface area contributed by atoms with Crippen LogP contribution in [0.2, 0.25) is 0 Å². The molecule has 0 unspecified atom stereocenters. The predicted molar refractivity (Wildman–Crippen MR) is 108 cm³/mol. The van der Waals surface area contributed by atoms with Crippen LogP contribution in [0.4, 0.5) is 0 Å². The quantitative estimate of drug-likeness (QED) is 0.505. The molecule has 7 heteroatoms. The number of hydrogen-bond acceptors (Lipinski definition) is 5. The summed E-state index contributed by atoms with van der Waals surface area (Å²) in [4.78, 5) is 44.0. The molecule has 2 heterocycles. The van der Waals surface area contributed by atoms with Crippen LogP contribution >= 0.6 is 0 Å². The fraction of sp³-hybridized carbons (Fsp3) is 0.455. The number of ether oxygens (including phenoxy) is 1. The smallest absolute Gasteiger partial charge is 0.354 e. The standard InChI is InChI=1S/C22H27N3O4/c1-14-19(15(2)24(3)20(14)22(28)29-4)18(26)13-25(21(27)16-8-9-16)12-10-17-7-5-6-11-23-17/h5-7,11,16H,8-10,12-13H2,1-4H3. The van der Waals surface area contributed by atoms with Gasteiger partial charge >= 0.3 is 5.97 Å². The second-order valence-electron chi connectivity index (χ2n) is 7.51. The van der Waals surface area contributed by atoms with Crippen LogP contribution < -0.4 is 0 Å². The topological polar surface area (TPSA) is 81.5 Å². The summed E-state index contributed by atoms with van der Waals surface area (Å²) in [6, 6.07) is 5.67. The number of carbonyl (C=O) groups is 3. The zero-order valence-corrected chi connectivity index (χ0v) is 17.4. The molecule has 154 valence electrons. The minimum absolute atomic E-state index is 0.00548. The lowest BCUT2D eigenvalue weighted by molar-refractivity contribution is -0.132. The van der Waals surface area contributed by atoms with Gasteiger partial charge in [0, 0.05) is 49.1 Å². The molecule has 1 fully saturated rings. The third kappa shape index (κ3) is 4.39. The van der Waals surface area contributed by atoms with Gasteiger partial charge < -0.3 is 14.2 Å². The largest absolute Gasteiger partial charge is 0.464 e. The number of rotatable bonds is 8. The van der Waals surface area contributed by atoms with Crippen LogP contribution in [0.15, 0.2) is 24.4 Å². The first-order valence-electron chi connectivity index (χ1n) is 9.81. The minimum Gasteiger partial charge on any atom is -0.464 e. The predicted octanol–water partition coefficient (Wildman–Crippen LogP) is 2.49. The van der Waals surface area contributed by atoms with Crippen LogP contribution in [-0.2, 0) is 23.0 Å². The van der Waals surface area contributed by atoms with E-state index < -0.39 is 5.97 Å². The van der Waals surface area contributed by atoms with Crippen LogP contribution in [0.25, 0.3) is 0 Å². The van der Waals surface area contributed by atoms with Gasteiger partial charge in [0.15, 0.2) is 5.78 Å². The Balaban J connectivity index is 1.81. The highest BCUT2D eigenvalue weighted by Crippen LogP contribution is 2.31. The summed E-state index contributed by atoms with van der Waals surface area (Å²) in [6.45, 7) is 3.97. The van der Waals surface area contributed by atoms with E-state index >= 15 is 0 Å². The molecule has 2 aromatic heterocycles. The second kappa shape index (κ2) is 8.59. The number of aromatic nitrogens is 2. The lowest BCUT2D eigenvalue weighted by atomic mass is 10.0. The highest BCUT2D eigenvalue weighted by Gasteiger charge is 2.35. The fourth-order valence-corrected chi connectivity index (χ4v) is 3.68. The molecular weight excluding hydrogens is 370 g/mol. The number of carbonyl (C=O) groups excluding carboxylic acids is 3. The SMILES string of the molecule is COC(=O)c1c(C)c(C(=O)CN(CCc2ccccn2)C(=O)C2CC2)c(C)n1C. The highest BCUT2D eigenvalue weighted by atomic mass is 16.5. The molecule has 29 heavy (non-hydrogen) atoms. The van der Waals surface area contributed by atoms with Crippen molar-refractivity contribution >= 4 is 17.7 Å². The van der Waals surface area contributed by atoms with E-state index in [1.54, 1.807) is 36.6 Å². The van der Waals surface area contributed by atoms with Gasteiger partial charge in [-0.1, -0.05) is 6.07 Å². The van der Waals surface area contributed by atoms with Crippen molar-refractivity contribution in [2.24, 2.45) is 13.0 Å². The monoisotopic (exact) mass is 397 g/mol. The molecule has 0 aromatic carbocycles. The maximum Gasteiger partial charge on any atom is 0.354 e. The van der Waals surface area contributed by atoms with Gasteiger partial charge in [-0.3, -0.25) is 14.6 Å². The van der Waals surface area contributed by atoms with Crippen molar-refractivity contribution in [2.45, 2.75) is 33.1 Å². The van der Waals surface area contributed by atoms with E-state index in [0.717, 1.165) is 18.5 Å². The average molecular weight is 397 g/mol. The van der Waals surface area contributed by atoms with Gasteiger partial charge in [-0.25, -0.2) is 4.79 Å². The molecule has 1 aliphatic rings. The maximum absolute atomic E-state index is 13.2. The number of pyridine rings is 1. The van der Waals surface area contributed by atoms with Gasteiger partial charge in [0.25, 0.3) is 0 Å². The number of nitrogens with zero attached hydrogens (tertiary/aromatic N) is 3. The van der Waals surface area contributed by atoms with Crippen molar-refractivity contribution in [3.05, 3.63) is 52.6 Å². The van der Waals surface area contributed by atoms with E-state index in [1.165, 1.54) is 7.11 Å². The summed E-state index contributed by atoms with van der Waals surface area (Å²) in [5.74, 6) is -0.599. The molecule has 1 amide bonds. The number of amides is 1. The maximum atomic E-state index is 13.2. The Morgan fingerprint density at radius 1 is 1.24 bits per heavy atom. The molecule has 0 atom stereocenters. The molecule has 1 aliphatic carbocycles. The number of methoxy groups -OCH3 is 1. The molecular formula is C22H27N3O4. The third-order valence-electron chi connectivity index (χ3n) is 5.52. The van der Waals surface area contributed by atoms with Crippen LogP contribution in [0, 0.1) is 19.8 Å². The zero-order chi connectivity index (χ0) is 21.1. The first-order chi connectivity index (χ1) is 13.8. The van der Waals surface area contributed by atoms with Crippen molar-refractivity contribution in [2.75, 3.05) is 20.2 Å². The Kier molecular flexibility index (Phi) is 6.15. The number of esters is 1. The Hall–Kier alpha value is -2.96. The van der Waals surface area contributed by atoms with Gasteiger partial charge in [-0.05, 0) is 44.4 Å². The summed E-state index contributed by atoms with van der Waals surface area (Å²) in [5.41, 5.74) is 3.01. The van der Waals surface area contributed by atoms with Crippen molar-refractivity contribution < 1.29 is 19.1 Å². The minimum atomic E-state index is -0.479.